The lowest BCUT2D eigenvalue weighted by atomic mass is 10.0. The van der Waals surface area contributed by atoms with E-state index in [0.717, 1.165) is 24.5 Å². The third kappa shape index (κ3) is 1.93. The molecule has 0 fully saturated rings. The second-order valence-electron chi connectivity index (χ2n) is 4.24. The van der Waals surface area contributed by atoms with E-state index in [0.29, 0.717) is 5.02 Å². The van der Waals surface area contributed by atoms with Gasteiger partial charge >= 0.3 is 0 Å². The van der Waals surface area contributed by atoms with Crippen molar-refractivity contribution in [1.82, 2.24) is 4.98 Å². The summed E-state index contributed by atoms with van der Waals surface area (Å²) in [6.07, 6.45) is 2.72. The molecule has 3 nitrogen and oxygen atoms in total. The fraction of sp³-hybridized carbons (Fsp3) is 0.500. The molecular weight excluding hydrogens is 198 g/mol. The van der Waals surface area contributed by atoms with E-state index in [4.69, 9.17) is 11.6 Å². The molecule has 0 radical (unpaired) electrons. The Kier molecular flexibility index (Phi) is 2.27. The minimum atomic E-state index is 0.0824. The largest absolute Gasteiger partial charge is 0.382 e. The molecule has 14 heavy (non-hydrogen) atoms. The third-order valence-corrected chi connectivity index (χ3v) is 2.58. The summed E-state index contributed by atoms with van der Waals surface area (Å²) in [5, 5.41) is 7.37. The maximum atomic E-state index is 5.87. The number of nitrogens with zero attached hydrogens (tertiary/aromatic N) is 1. The lowest BCUT2D eigenvalue weighted by Gasteiger charge is -2.24. The Bertz CT molecular complexity index is 349. The van der Waals surface area contributed by atoms with Gasteiger partial charge in [-0.05, 0) is 26.3 Å². The van der Waals surface area contributed by atoms with Crippen LogP contribution >= 0.6 is 11.6 Å². The molecule has 0 saturated heterocycles. The Hall–Kier alpha value is -0.960. The minimum Gasteiger partial charge on any atom is -0.382 e. The second kappa shape index (κ2) is 3.31. The quantitative estimate of drug-likeness (QED) is 0.693. The lowest BCUT2D eigenvalue weighted by Crippen LogP contribution is -2.31. The van der Waals surface area contributed by atoms with Crippen molar-refractivity contribution in [2.75, 3.05) is 17.2 Å². The number of hydrogen-bond acceptors (Lipinski definition) is 3. The standard InChI is InChI=1S/C10H14ClN3/c1-10(2)3-4-12-8-5-7(11)6-13-9(8)14-10/h5-6,12H,3-4H2,1-2H3,(H,13,14). The topological polar surface area (TPSA) is 37.0 Å². The summed E-state index contributed by atoms with van der Waals surface area (Å²) in [5.41, 5.74) is 1.07. The highest BCUT2D eigenvalue weighted by atomic mass is 35.5. The van der Waals surface area contributed by atoms with Crippen molar-refractivity contribution in [2.45, 2.75) is 25.8 Å². The second-order valence-corrected chi connectivity index (χ2v) is 4.67. The summed E-state index contributed by atoms with van der Waals surface area (Å²) in [4.78, 5) is 4.27. The van der Waals surface area contributed by atoms with Gasteiger partial charge in [0.2, 0.25) is 0 Å². The fourth-order valence-corrected chi connectivity index (χ4v) is 1.72. The number of nitrogens with one attached hydrogen (secondary N) is 2. The van der Waals surface area contributed by atoms with Gasteiger partial charge in [-0.2, -0.15) is 0 Å². The average molecular weight is 212 g/mol. The van der Waals surface area contributed by atoms with Crippen LogP contribution in [0, 0.1) is 0 Å². The Balaban J connectivity index is 2.37. The molecule has 1 aliphatic heterocycles. The van der Waals surface area contributed by atoms with Gasteiger partial charge in [0.25, 0.3) is 0 Å². The molecule has 2 N–H and O–H groups in total. The Morgan fingerprint density at radius 2 is 2.29 bits per heavy atom. The van der Waals surface area contributed by atoms with Crippen molar-refractivity contribution < 1.29 is 0 Å². The fourth-order valence-electron chi connectivity index (χ4n) is 1.57. The van der Waals surface area contributed by atoms with E-state index >= 15 is 0 Å². The van der Waals surface area contributed by atoms with Gasteiger partial charge in [-0.25, -0.2) is 4.98 Å². The minimum absolute atomic E-state index is 0.0824. The van der Waals surface area contributed by atoms with Crippen LogP contribution in [0.5, 0.6) is 0 Å². The summed E-state index contributed by atoms with van der Waals surface area (Å²) in [7, 11) is 0. The average Bonchev–Trinajstić information content (AvgIpc) is 2.22. The molecule has 76 valence electrons. The molecule has 0 amide bonds. The predicted octanol–water partition coefficient (Wildman–Crippen LogP) is 2.74. The molecule has 0 bridgehead atoms. The van der Waals surface area contributed by atoms with Gasteiger partial charge in [0.15, 0.2) is 0 Å². The van der Waals surface area contributed by atoms with E-state index in [1.807, 2.05) is 6.07 Å². The van der Waals surface area contributed by atoms with Gasteiger partial charge in [0, 0.05) is 18.3 Å². The molecule has 0 atom stereocenters. The summed E-state index contributed by atoms with van der Waals surface area (Å²) < 4.78 is 0. The smallest absolute Gasteiger partial charge is 0.149 e. The van der Waals surface area contributed by atoms with Crippen LogP contribution in [0.4, 0.5) is 11.5 Å². The first-order chi connectivity index (χ1) is 6.57. The zero-order valence-corrected chi connectivity index (χ0v) is 9.15. The molecule has 2 heterocycles. The molecule has 1 aromatic rings. The summed E-state index contributed by atoms with van der Waals surface area (Å²) in [6.45, 7) is 5.27. The van der Waals surface area contributed by atoms with Crippen molar-refractivity contribution in [2.24, 2.45) is 0 Å². The number of hydrogen-bond donors (Lipinski definition) is 2. The third-order valence-electron chi connectivity index (χ3n) is 2.38. The van der Waals surface area contributed by atoms with Gasteiger partial charge in [-0.15, -0.1) is 0 Å². The number of halogens is 1. The molecule has 0 aliphatic carbocycles. The Morgan fingerprint density at radius 3 is 3.07 bits per heavy atom. The predicted molar refractivity (Wildman–Crippen MR) is 60.1 cm³/mol. The molecule has 2 rings (SSSR count). The van der Waals surface area contributed by atoms with Gasteiger partial charge in [-0.1, -0.05) is 11.6 Å². The number of rotatable bonds is 0. The van der Waals surface area contributed by atoms with Crippen LogP contribution in [0.2, 0.25) is 5.02 Å². The maximum Gasteiger partial charge on any atom is 0.149 e. The first-order valence-corrected chi connectivity index (χ1v) is 5.12. The highest BCUT2D eigenvalue weighted by molar-refractivity contribution is 6.30. The number of anilines is 2. The maximum absolute atomic E-state index is 5.87. The molecule has 1 aromatic heterocycles. The van der Waals surface area contributed by atoms with Crippen LogP contribution in [0.25, 0.3) is 0 Å². The van der Waals surface area contributed by atoms with Crippen molar-refractivity contribution in [3.63, 3.8) is 0 Å². The van der Waals surface area contributed by atoms with Gasteiger partial charge in [0.1, 0.15) is 5.82 Å². The Morgan fingerprint density at radius 1 is 1.50 bits per heavy atom. The highest BCUT2D eigenvalue weighted by Gasteiger charge is 2.22. The monoisotopic (exact) mass is 211 g/mol. The Labute approximate surface area is 88.9 Å². The number of pyridine rings is 1. The molecule has 0 unspecified atom stereocenters. The van der Waals surface area contributed by atoms with Crippen LogP contribution in [-0.4, -0.2) is 17.1 Å². The van der Waals surface area contributed by atoms with Crippen LogP contribution in [0.3, 0.4) is 0 Å². The molecular formula is C10H14ClN3. The van der Waals surface area contributed by atoms with E-state index in [9.17, 15) is 0 Å². The van der Waals surface area contributed by atoms with E-state index in [2.05, 4.69) is 29.5 Å². The highest BCUT2D eigenvalue weighted by Crippen LogP contribution is 2.29. The van der Waals surface area contributed by atoms with Gasteiger partial charge in [0.05, 0.1) is 10.7 Å². The molecule has 1 aliphatic rings. The van der Waals surface area contributed by atoms with Gasteiger partial charge in [-0.3, -0.25) is 0 Å². The number of fused-ring (bicyclic) bond motifs is 1. The van der Waals surface area contributed by atoms with E-state index in [1.165, 1.54) is 0 Å². The summed E-state index contributed by atoms with van der Waals surface area (Å²) >= 11 is 5.87. The normalized spacial score (nSPS) is 18.8. The molecule has 4 heteroatoms. The van der Waals surface area contributed by atoms with Crippen LogP contribution in [-0.2, 0) is 0 Å². The van der Waals surface area contributed by atoms with E-state index in [1.54, 1.807) is 6.20 Å². The van der Waals surface area contributed by atoms with Crippen LogP contribution < -0.4 is 10.6 Å². The van der Waals surface area contributed by atoms with Crippen molar-refractivity contribution >= 4 is 23.1 Å². The number of aromatic nitrogens is 1. The SMILES string of the molecule is CC1(C)CCNc2cc(Cl)cnc2N1. The molecule has 0 aromatic carbocycles. The molecule has 0 spiro atoms. The zero-order chi connectivity index (χ0) is 10.2. The lowest BCUT2D eigenvalue weighted by molar-refractivity contribution is 0.539. The first-order valence-electron chi connectivity index (χ1n) is 4.74. The zero-order valence-electron chi connectivity index (χ0n) is 8.39. The van der Waals surface area contributed by atoms with Crippen LogP contribution in [0.1, 0.15) is 20.3 Å². The van der Waals surface area contributed by atoms with E-state index in [-0.39, 0.29) is 5.54 Å². The molecule has 0 saturated carbocycles. The van der Waals surface area contributed by atoms with Crippen molar-refractivity contribution in [3.05, 3.63) is 17.3 Å². The van der Waals surface area contributed by atoms with E-state index < -0.39 is 0 Å². The van der Waals surface area contributed by atoms with Crippen molar-refractivity contribution in [1.29, 1.82) is 0 Å². The van der Waals surface area contributed by atoms with Gasteiger partial charge < -0.3 is 10.6 Å². The summed E-state index contributed by atoms with van der Waals surface area (Å²) in [6, 6.07) is 1.90. The first kappa shape index (κ1) is 9.59. The summed E-state index contributed by atoms with van der Waals surface area (Å²) in [5.74, 6) is 0.886. The van der Waals surface area contributed by atoms with Crippen molar-refractivity contribution in [3.8, 4) is 0 Å². The van der Waals surface area contributed by atoms with Crippen LogP contribution in [0.15, 0.2) is 12.3 Å².